The number of likely N-dealkylation sites (N-methyl/N-ethyl adjacent to an activating group) is 3. The molecular weight excluding hydrogens is 114 g/mol. The molecule has 0 aromatic rings. The summed E-state index contributed by atoms with van der Waals surface area (Å²) in [5, 5.41) is 9.38. The zero-order chi connectivity index (χ0) is 7.11. The van der Waals surface area contributed by atoms with E-state index in [-0.39, 0.29) is 0 Å². The molecule has 0 rings (SSSR count). The van der Waals surface area contributed by atoms with Gasteiger partial charge in [-0.2, -0.15) is 0 Å². The first kappa shape index (κ1) is 8.88. The smallest absolute Gasteiger partial charge is 0.0314 e. The molecule has 0 heterocycles. The van der Waals surface area contributed by atoms with E-state index in [1.807, 2.05) is 21.1 Å². The monoisotopic (exact) mass is 131 g/mol. The average Bonchev–Trinajstić information content (AvgIpc) is 1.88. The Morgan fingerprint density at radius 1 is 1.00 bits per heavy atom. The molecule has 0 aromatic heterocycles. The predicted molar refractivity (Wildman–Crippen MR) is 40.7 cm³/mol. The first-order valence-electron chi connectivity index (χ1n) is 3.31. The van der Waals surface area contributed by atoms with Crippen LogP contribution < -0.4 is 16.0 Å². The maximum atomic E-state index is 3.18. The van der Waals surface area contributed by atoms with Gasteiger partial charge in [0.2, 0.25) is 0 Å². The zero-order valence-electron chi connectivity index (χ0n) is 6.49. The van der Waals surface area contributed by atoms with Crippen LogP contribution >= 0.6 is 0 Å². The molecule has 0 fully saturated rings. The van der Waals surface area contributed by atoms with E-state index in [1.165, 1.54) is 0 Å². The van der Waals surface area contributed by atoms with Crippen LogP contribution in [0.15, 0.2) is 0 Å². The molecule has 0 aliphatic rings. The van der Waals surface area contributed by atoms with Crippen molar-refractivity contribution in [2.75, 3.05) is 34.2 Å². The van der Waals surface area contributed by atoms with Gasteiger partial charge in [0.1, 0.15) is 0 Å². The predicted octanol–water partition coefficient (Wildman–Crippen LogP) is -0.987. The maximum absolute atomic E-state index is 3.18. The molecular formula is C6H17N3. The molecule has 3 N–H and O–H groups in total. The van der Waals surface area contributed by atoms with Crippen molar-refractivity contribution in [2.45, 2.75) is 6.04 Å². The summed E-state index contributed by atoms with van der Waals surface area (Å²) in [7, 11) is 5.89. The SMILES string of the molecule is CNCC(CNC)NC. The highest BCUT2D eigenvalue weighted by Gasteiger charge is 1.99. The zero-order valence-corrected chi connectivity index (χ0v) is 6.49. The van der Waals surface area contributed by atoms with E-state index in [1.54, 1.807) is 0 Å². The van der Waals surface area contributed by atoms with Gasteiger partial charge in [-0.05, 0) is 21.1 Å². The van der Waals surface area contributed by atoms with Crippen molar-refractivity contribution < 1.29 is 0 Å². The molecule has 0 saturated carbocycles. The molecule has 0 amide bonds. The lowest BCUT2D eigenvalue weighted by molar-refractivity contribution is 0.509. The van der Waals surface area contributed by atoms with E-state index in [0.717, 1.165) is 13.1 Å². The van der Waals surface area contributed by atoms with Gasteiger partial charge in [-0.3, -0.25) is 0 Å². The van der Waals surface area contributed by atoms with Crippen LogP contribution in [0.3, 0.4) is 0 Å². The molecule has 0 atom stereocenters. The van der Waals surface area contributed by atoms with Gasteiger partial charge in [0.15, 0.2) is 0 Å². The van der Waals surface area contributed by atoms with Crippen LogP contribution in [0.2, 0.25) is 0 Å². The average molecular weight is 131 g/mol. The second kappa shape index (κ2) is 6.01. The third-order valence-corrected chi connectivity index (χ3v) is 1.31. The first-order valence-corrected chi connectivity index (χ1v) is 3.31. The van der Waals surface area contributed by atoms with Crippen molar-refractivity contribution in [1.29, 1.82) is 0 Å². The Kier molecular flexibility index (Phi) is 5.93. The van der Waals surface area contributed by atoms with Crippen LogP contribution in [-0.2, 0) is 0 Å². The van der Waals surface area contributed by atoms with Crippen molar-refractivity contribution in [2.24, 2.45) is 0 Å². The largest absolute Gasteiger partial charge is 0.318 e. The highest BCUT2D eigenvalue weighted by molar-refractivity contribution is 4.67. The lowest BCUT2D eigenvalue weighted by Crippen LogP contribution is -2.41. The second-order valence-corrected chi connectivity index (χ2v) is 2.10. The molecule has 0 spiro atoms. The van der Waals surface area contributed by atoms with Gasteiger partial charge in [0.25, 0.3) is 0 Å². The minimum absolute atomic E-state index is 0.542. The Morgan fingerprint density at radius 3 is 1.67 bits per heavy atom. The normalized spacial score (nSPS) is 10.7. The fourth-order valence-electron chi connectivity index (χ4n) is 0.769. The Labute approximate surface area is 57.2 Å². The number of nitrogens with one attached hydrogen (secondary N) is 3. The summed E-state index contributed by atoms with van der Waals surface area (Å²) in [6, 6.07) is 0.542. The van der Waals surface area contributed by atoms with E-state index >= 15 is 0 Å². The van der Waals surface area contributed by atoms with Gasteiger partial charge in [-0.1, -0.05) is 0 Å². The van der Waals surface area contributed by atoms with Crippen molar-refractivity contribution >= 4 is 0 Å². The van der Waals surface area contributed by atoms with Gasteiger partial charge >= 0.3 is 0 Å². The molecule has 3 heteroatoms. The van der Waals surface area contributed by atoms with Crippen LogP contribution in [0.25, 0.3) is 0 Å². The van der Waals surface area contributed by atoms with Crippen LogP contribution in [0, 0.1) is 0 Å². The number of hydrogen-bond donors (Lipinski definition) is 3. The fraction of sp³-hybridized carbons (Fsp3) is 1.00. The van der Waals surface area contributed by atoms with Gasteiger partial charge in [0.05, 0.1) is 0 Å². The van der Waals surface area contributed by atoms with Crippen LogP contribution in [0.4, 0.5) is 0 Å². The Hall–Kier alpha value is -0.120. The van der Waals surface area contributed by atoms with Gasteiger partial charge < -0.3 is 16.0 Å². The lowest BCUT2D eigenvalue weighted by Gasteiger charge is -2.13. The van der Waals surface area contributed by atoms with Crippen molar-refractivity contribution in [3.8, 4) is 0 Å². The van der Waals surface area contributed by atoms with Crippen molar-refractivity contribution in [3.63, 3.8) is 0 Å². The molecule has 3 nitrogen and oxygen atoms in total. The minimum Gasteiger partial charge on any atom is -0.318 e. The number of rotatable bonds is 5. The summed E-state index contributed by atoms with van der Waals surface area (Å²) >= 11 is 0. The molecule has 0 aliphatic heterocycles. The second-order valence-electron chi connectivity index (χ2n) is 2.10. The Bertz CT molecular complexity index is 50.3. The molecule has 0 aliphatic carbocycles. The summed E-state index contributed by atoms with van der Waals surface area (Å²) < 4.78 is 0. The van der Waals surface area contributed by atoms with Crippen LogP contribution in [-0.4, -0.2) is 40.3 Å². The Balaban J connectivity index is 3.18. The van der Waals surface area contributed by atoms with E-state index in [2.05, 4.69) is 16.0 Å². The minimum atomic E-state index is 0.542. The molecule has 0 radical (unpaired) electrons. The van der Waals surface area contributed by atoms with Crippen LogP contribution in [0.1, 0.15) is 0 Å². The molecule has 0 saturated heterocycles. The summed E-state index contributed by atoms with van der Waals surface area (Å²) in [4.78, 5) is 0. The molecule has 0 bridgehead atoms. The first-order chi connectivity index (χ1) is 4.35. The van der Waals surface area contributed by atoms with Gasteiger partial charge in [-0.15, -0.1) is 0 Å². The summed E-state index contributed by atoms with van der Waals surface area (Å²) in [5.41, 5.74) is 0. The van der Waals surface area contributed by atoms with E-state index in [0.29, 0.717) is 6.04 Å². The highest BCUT2D eigenvalue weighted by atomic mass is 15.0. The topological polar surface area (TPSA) is 36.1 Å². The molecule has 0 aromatic carbocycles. The van der Waals surface area contributed by atoms with Gasteiger partial charge in [0, 0.05) is 19.1 Å². The summed E-state index contributed by atoms with van der Waals surface area (Å²) in [5.74, 6) is 0. The van der Waals surface area contributed by atoms with Gasteiger partial charge in [-0.25, -0.2) is 0 Å². The molecule has 56 valence electrons. The standard InChI is InChI=1S/C6H17N3/c1-7-4-6(9-3)5-8-2/h6-9H,4-5H2,1-3H3. The van der Waals surface area contributed by atoms with Crippen LogP contribution in [0.5, 0.6) is 0 Å². The Morgan fingerprint density at radius 2 is 1.44 bits per heavy atom. The lowest BCUT2D eigenvalue weighted by atomic mass is 10.3. The quantitative estimate of drug-likeness (QED) is 0.448. The fourth-order valence-corrected chi connectivity index (χ4v) is 0.769. The third kappa shape index (κ3) is 4.39. The van der Waals surface area contributed by atoms with E-state index in [9.17, 15) is 0 Å². The molecule has 0 unspecified atom stereocenters. The van der Waals surface area contributed by atoms with Crippen molar-refractivity contribution in [3.05, 3.63) is 0 Å². The summed E-state index contributed by atoms with van der Waals surface area (Å²) in [6.07, 6.45) is 0. The van der Waals surface area contributed by atoms with E-state index in [4.69, 9.17) is 0 Å². The van der Waals surface area contributed by atoms with E-state index < -0.39 is 0 Å². The maximum Gasteiger partial charge on any atom is 0.0314 e. The highest BCUT2D eigenvalue weighted by Crippen LogP contribution is 1.73. The third-order valence-electron chi connectivity index (χ3n) is 1.31. The number of hydrogen-bond acceptors (Lipinski definition) is 3. The summed E-state index contributed by atoms with van der Waals surface area (Å²) in [6.45, 7) is 2.02. The van der Waals surface area contributed by atoms with Crippen molar-refractivity contribution in [1.82, 2.24) is 16.0 Å². The molecule has 9 heavy (non-hydrogen) atoms.